The van der Waals surface area contributed by atoms with Gasteiger partial charge in [0.15, 0.2) is 12.4 Å². The van der Waals surface area contributed by atoms with Gasteiger partial charge in [-0.3, -0.25) is 9.78 Å². The van der Waals surface area contributed by atoms with Gasteiger partial charge in [-0.1, -0.05) is 11.6 Å². The Labute approximate surface area is 159 Å². The monoisotopic (exact) mass is 460 g/mol. The molecule has 5 nitrogen and oxygen atoms in total. The highest BCUT2D eigenvalue weighted by atomic mass is 127. The maximum atomic E-state index is 12.5. The van der Waals surface area contributed by atoms with Crippen LogP contribution in [0, 0.1) is 3.57 Å². The summed E-state index contributed by atoms with van der Waals surface area (Å²) in [6.07, 6.45) is 1.76. The van der Waals surface area contributed by atoms with Crippen LogP contribution in [-0.2, 0) is 9.53 Å². The Morgan fingerprint density at radius 2 is 2.17 bits per heavy atom. The topological polar surface area (TPSA) is 51.7 Å². The molecule has 1 aromatic heterocycles. The van der Waals surface area contributed by atoms with Crippen LogP contribution in [0.25, 0.3) is 10.9 Å². The molecule has 3 rings (SSSR count). The molecule has 1 saturated heterocycles. The quantitative estimate of drug-likeness (QED) is 0.658. The van der Waals surface area contributed by atoms with Crippen molar-refractivity contribution in [2.24, 2.45) is 0 Å². The number of hydrogen-bond donors (Lipinski definition) is 0. The summed E-state index contributed by atoms with van der Waals surface area (Å²) in [7, 11) is 0. The molecular weight excluding hydrogens is 443 g/mol. The van der Waals surface area contributed by atoms with Crippen LogP contribution in [0.1, 0.15) is 13.8 Å². The van der Waals surface area contributed by atoms with Crippen LogP contribution in [0.5, 0.6) is 5.75 Å². The zero-order valence-corrected chi connectivity index (χ0v) is 16.4. The van der Waals surface area contributed by atoms with Crippen LogP contribution >= 0.6 is 34.2 Å². The third-order valence-corrected chi connectivity index (χ3v) is 4.98. The molecule has 0 N–H and O–H groups in total. The molecule has 1 aromatic carbocycles. The number of carbonyl (C=O) groups excluding carboxylic acids is 1. The number of ether oxygens (including phenoxy) is 2. The van der Waals surface area contributed by atoms with E-state index in [1.165, 1.54) is 0 Å². The van der Waals surface area contributed by atoms with Gasteiger partial charge in [0.25, 0.3) is 5.91 Å². The average Bonchev–Trinajstić information content (AvgIpc) is 2.53. The fourth-order valence-electron chi connectivity index (χ4n) is 2.89. The highest BCUT2D eigenvalue weighted by Gasteiger charge is 2.26. The molecule has 7 heteroatoms. The number of nitrogens with zero attached hydrogens (tertiary/aromatic N) is 2. The van der Waals surface area contributed by atoms with Gasteiger partial charge >= 0.3 is 0 Å². The van der Waals surface area contributed by atoms with Crippen LogP contribution in [-0.4, -0.2) is 47.7 Å². The first kappa shape index (κ1) is 17.7. The van der Waals surface area contributed by atoms with Gasteiger partial charge in [0, 0.05) is 24.7 Å². The molecule has 1 aliphatic rings. The van der Waals surface area contributed by atoms with E-state index >= 15 is 0 Å². The number of halogens is 2. The number of benzene rings is 1. The van der Waals surface area contributed by atoms with E-state index in [0.29, 0.717) is 29.4 Å². The van der Waals surface area contributed by atoms with E-state index in [1.807, 2.05) is 32.0 Å². The van der Waals surface area contributed by atoms with E-state index in [0.717, 1.165) is 8.96 Å². The fourth-order valence-corrected chi connectivity index (χ4v) is 4.06. The van der Waals surface area contributed by atoms with Crippen molar-refractivity contribution in [1.29, 1.82) is 0 Å². The molecule has 0 bridgehead atoms. The van der Waals surface area contributed by atoms with Crippen molar-refractivity contribution in [2.45, 2.75) is 26.1 Å². The van der Waals surface area contributed by atoms with Crippen LogP contribution < -0.4 is 4.74 Å². The fraction of sp³-hybridized carbons (Fsp3) is 0.412. The van der Waals surface area contributed by atoms with Crippen LogP contribution in [0.4, 0.5) is 0 Å². The summed E-state index contributed by atoms with van der Waals surface area (Å²) in [6.45, 7) is 5.09. The molecule has 2 heterocycles. The maximum absolute atomic E-state index is 12.5. The average molecular weight is 461 g/mol. The van der Waals surface area contributed by atoms with Gasteiger partial charge in [-0.05, 0) is 54.6 Å². The highest BCUT2D eigenvalue weighted by Crippen LogP contribution is 2.34. The Balaban J connectivity index is 1.77. The maximum Gasteiger partial charge on any atom is 0.260 e. The third-order valence-electron chi connectivity index (χ3n) is 3.86. The van der Waals surface area contributed by atoms with Gasteiger partial charge in [-0.2, -0.15) is 0 Å². The van der Waals surface area contributed by atoms with Crippen molar-refractivity contribution in [1.82, 2.24) is 9.88 Å². The lowest BCUT2D eigenvalue weighted by Gasteiger charge is -2.35. The molecule has 2 atom stereocenters. The number of aromatic nitrogens is 1. The molecule has 1 amide bonds. The lowest BCUT2D eigenvalue weighted by Crippen LogP contribution is -2.49. The number of rotatable bonds is 3. The normalized spacial score (nSPS) is 21.1. The Morgan fingerprint density at radius 1 is 1.46 bits per heavy atom. The van der Waals surface area contributed by atoms with Crippen LogP contribution in [0.3, 0.4) is 0 Å². The van der Waals surface area contributed by atoms with Crippen LogP contribution in [0.15, 0.2) is 24.4 Å². The molecule has 1 aliphatic heterocycles. The van der Waals surface area contributed by atoms with Gasteiger partial charge in [0.2, 0.25) is 0 Å². The minimum absolute atomic E-state index is 0.0251. The molecular formula is C17H18ClIN2O3. The van der Waals surface area contributed by atoms with E-state index < -0.39 is 0 Å². The van der Waals surface area contributed by atoms with E-state index in [-0.39, 0.29) is 24.7 Å². The van der Waals surface area contributed by atoms with E-state index in [2.05, 4.69) is 27.6 Å². The van der Waals surface area contributed by atoms with Crippen molar-refractivity contribution < 1.29 is 14.3 Å². The largest absolute Gasteiger partial charge is 0.480 e. The summed E-state index contributed by atoms with van der Waals surface area (Å²) in [5.41, 5.74) is 0.672. The SMILES string of the molecule is CC1CN(C(=O)COc2c(I)cc(Cl)c3cccnc23)CC(C)O1. The van der Waals surface area contributed by atoms with E-state index in [4.69, 9.17) is 21.1 Å². The Morgan fingerprint density at radius 3 is 2.88 bits per heavy atom. The summed E-state index contributed by atoms with van der Waals surface area (Å²) in [4.78, 5) is 18.6. The molecule has 0 saturated carbocycles. The summed E-state index contributed by atoms with van der Waals surface area (Å²) in [5, 5.41) is 1.44. The predicted molar refractivity (Wildman–Crippen MR) is 102 cm³/mol. The van der Waals surface area contributed by atoms with E-state index in [9.17, 15) is 4.79 Å². The Hall–Kier alpha value is -1.12. The number of carbonyl (C=O) groups is 1. The molecule has 2 aromatic rings. The number of fused-ring (bicyclic) bond motifs is 1. The Bertz CT molecular complexity index is 761. The van der Waals surface area contributed by atoms with Gasteiger partial charge in [0.1, 0.15) is 5.52 Å². The molecule has 1 fully saturated rings. The first-order valence-electron chi connectivity index (χ1n) is 7.74. The van der Waals surface area contributed by atoms with Gasteiger partial charge < -0.3 is 14.4 Å². The molecule has 2 unspecified atom stereocenters. The van der Waals surface area contributed by atoms with Gasteiger partial charge in [-0.15, -0.1) is 0 Å². The second-order valence-electron chi connectivity index (χ2n) is 5.91. The third kappa shape index (κ3) is 3.75. The Kier molecular flexibility index (Phi) is 5.46. The number of pyridine rings is 1. The zero-order valence-electron chi connectivity index (χ0n) is 13.5. The lowest BCUT2D eigenvalue weighted by molar-refractivity contribution is -0.145. The summed E-state index contributed by atoms with van der Waals surface area (Å²) in [5.74, 6) is 0.546. The highest BCUT2D eigenvalue weighted by molar-refractivity contribution is 14.1. The summed E-state index contributed by atoms with van der Waals surface area (Å²) in [6, 6.07) is 5.54. The minimum atomic E-state index is -0.0492. The molecule has 128 valence electrons. The lowest BCUT2D eigenvalue weighted by atomic mass is 10.2. The van der Waals surface area contributed by atoms with Crippen molar-refractivity contribution in [3.8, 4) is 5.75 Å². The second kappa shape index (κ2) is 7.41. The van der Waals surface area contributed by atoms with Crippen molar-refractivity contribution >= 4 is 51.0 Å². The van der Waals surface area contributed by atoms with Crippen molar-refractivity contribution in [3.05, 3.63) is 33.0 Å². The smallest absolute Gasteiger partial charge is 0.260 e. The molecule has 0 radical (unpaired) electrons. The second-order valence-corrected chi connectivity index (χ2v) is 7.48. The number of amides is 1. The first-order valence-corrected chi connectivity index (χ1v) is 9.20. The molecule has 0 spiro atoms. The number of morpholine rings is 1. The summed E-state index contributed by atoms with van der Waals surface area (Å²) < 4.78 is 12.3. The first-order chi connectivity index (χ1) is 11.5. The van der Waals surface area contributed by atoms with Gasteiger partial charge in [-0.25, -0.2) is 0 Å². The summed E-state index contributed by atoms with van der Waals surface area (Å²) >= 11 is 8.41. The minimum Gasteiger partial charge on any atom is -0.480 e. The predicted octanol–water partition coefficient (Wildman–Crippen LogP) is 3.51. The molecule has 24 heavy (non-hydrogen) atoms. The van der Waals surface area contributed by atoms with E-state index in [1.54, 1.807) is 11.1 Å². The van der Waals surface area contributed by atoms with Crippen molar-refractivity contribution in [3.63, 3.8) is 0 Å². The number of hydrogen-bond acceptors (Lipinski definition) is 4. The van der Waals surface area contributed by atoms with Crippen molar-refractivity contribution in [2.75, 3.05) is 19.7 Å². The standard InChI is InChI=1S/C17H18ClIN2O3/c1-10-7-21(8-11(2)24-10)15(22)9-23-17-14(19)6-13(18)12-4-3-5-20-16(12)17/h3-6,10-11H,7-9H2,1-2H3. The van der Waals surface area contributed by atoms with Crippen LogP contribution in [0.2, 0.25) is 5.02 Å². The van der Waals surface area contributed by atoms with Gasteiger partial charge in [0.05, 0.1) is 20.8 Å². The zero-order chi connectivity index (χ0) is 17.3. The molecule has 0 aliphatic carbocycles.